The van der Waals surface area contributed by atoms with Gasteiger partial charge in [0.1, 0.15) is 7.85 Å². The highest BCUT2D eigenvalue weighted by Gasteiger charge is 2.07. The molecule has 0 aliphatic heterocycles. The molecule has 66 valence electrons. The van der Waals surface area contributed by atoms with Gasteiger partial charge in [-0.05, 0) is 11.5 Å². The summed E-state index contributed by atoms with van der Waals surface area (Å²) >= 11 is 0. The summed E-state index contributed by atoms with van der Waals surface area (Å²) in [6.45, 7) is 1.96. The van der Waals surface area contributed by atoms with Crippen LogP contribution in [0.25, 0.3) is 0 Å². The largest absolute Gasteiger partial charge is 0.370 e. The predicted molar refractivity (Wildman–Crippen MR) is 54.1 cm³/mol. The van der Waals surface area contributed by atoms with Crippen LogP contribution < -0.4 is 11.2 Å². The van der Waals surface area contributed by atoms with E-state index >= 15 is 0 Å². The number of hydrogen-bond acceptors (Lipinski definition) is 1. The molecule has 1 aromatic rings. The van der Waals surface area contributed by atoms with Crippen LogP contribution in [0, 0.1) is 0 Å². The monoisotopic (exact) mass is 173 g/mol. The number of hydrogen-bond donors (Lipinski definition) is 1. The van der Waals surface area contributed by atoms with Crippen LogP contribution in [0.2, 0.25) is 0 Å². The third-order valence-electron chi connectivity index (χ3n) is 1.99. The molecule has 0 aliphatic rings. The van der Waals surface area contributed by atoms with Gasteiger partial charge in [-0.3, -0.25) is 4.79 Å². The van der Waals surface area contributed by atoms with Gasteiger partial charge in [-0.25, -0.2) is 0 Å². The van der Waals surface area contributed by atoms with Crippen LogP contribution in [0.3, 0.4) is 0 Å². The summed E-state index contributed by atoms with van der Waals surface area (Å²) in [5.74, 6) is -0.143. The summed E-state index contributed by atoms with van der Waals surface area (Å²) in [5, 5.41) is 0. The Balaban J connectivity index is 2.76. The van der Waals surface area contributed by atoms with E-state index in [4.69, 9.17) is 13.6 Å². The summed E-state index contributed by atoms with van der Waals surface area (Å²) in [7, 11) is 5.61. The third-order valence-corrected chi connectivity index (χ3v) is 1.99. The fourth-order valence-electron chi connectivity index (χ4n) is 1.29. The first-order chi connectivity index (χ1) is 6.09. The number of carbonyl (C=O) groups excluding carboxylic acids is 1. The lowest BCUT2D eigenvalue weighted by Crippen LogP contribution is -2.14. The van der Waals surface area contributed by atoms with Gasteiger partial charge in [0.05, 0.1) is 0 Å². The molecular formula is C10H12BNO. The van der Waals surface area contributed by atoms with Crippen molar-refractivity contribution in [3.63, 3.8) is 0 Å². The van der Waals surface area contributed by atoms with Crippen molar-refractivity contribution >= 4 is 19.2 Å². The van der Waals surface area contributed by atoms with Gasteiger partial charge < -0.3 is 5.73 Å². The molecule has 0 bridgehead atoms. The molecule has 0 fully saturated rings. The van der Waals surface area contributed by atoms with Crippen molar-refractivity contribution < 1.29 is 4.79 Å². The molecule has 2 radical (unpaired) electrons. The first-order valence-electron chi connectivity index (χ1n) is 4.23. The zero-order valence-electron chi connectivity index (χ0n) is 7.66. The lowest BCUT2D eigenvalue weighted by Gasteiger charge is -2.09. The van der Waals surface area contributed by atoms with Gasteiger partial charge in [0.2, 0.25) is 5.91 Å². The minimum Gasteiger partial charge on any atom is -0.370 e. The van der Waals surface area contributed by atoms with Gasteiger partial charge in [-0.1, -0.05) is 36.7 Å². The maximum absolute atomic E-state index is 10.7. The Morgan fingerprint density at radius 2 is 2.31 bits per heavy atom. The van der Waals surface area contributed by atoms with Gasteiger partial charge in [0.25, 0.3) is 0 Å². The maximum atomic E-state index is 10.7. The number of carbonyl (C=O) groups is 1. The number of amides is 1. The predicted octanol–water partition coefficient (Wildman–Crippen LogP) is 0.459. The van der Waals surface area contributed by atoms with E-state index in [1.54, 1.807) is 0 Å². The fraction of sp³-hybridized carbons (Fsp3) is 0.300. The summed E-state index contributed by atoms with van der Waals surface area (Å²) in [5.41, 5.74) is 6.87. The Hall–Kier alpha value is -1.25. The molecule has 0 aromatic heterocycles. The number of rotatable bonds is 3. The summed E-state index contributed by atoms with van der Waals surface area (Å²) in [6, 6.07) is 7.51. The van der Waals surface area contributed by atoms with E-state index < -0.39 is 0 Å². The molecule has 0 heterocycles. The lowest BCUT2D eigenvalue weighted by atomic mass is 9.89. The first kappa shape index (κ1) is 9.84. The van der Waals surface area contributed by atoms with Crippen molar-refractivity contribution in [1.82, 2.24) is 0 Å². The summed E-state index contributed by atoms with van der Waals surface area (Å²) < 4.78 is 0. The van der Waals surface area contributed by atoms with Crippen LogP contribution in [-0.4, -0.2) is 13.8 Å². The van der Waals surface area contributed by atoms with Gasteiger partial charge in [0.15, 0.2) is 0 Å². The van der Waals surface area contributed by atoms with E-state index in [1.807, 2.05) is 31.2 Å². The average Bonchev–Trinajstić information content (AvgIpc) is 2.03. The number of primary amides is 1. The van der Waals surface area contributed by atoms with E-state index in [1.165, 1.54) is 0 Å². The molecule has 3 heteroatoms. The molecule has 1 aromatic carbocycles. The molecule has 1 rings (SSSR count). The summed E-state index contributed by atoms with van der Waals surface area (Å²) in [4.78, 5) is 10.7. The normalized spacial score (nSPS) is 12.4. The highest BCUT2D eigenvalue weighted by Crippen LogP contribution is 2.16. The van der Waals surface area contributed by atoms with Crippen LogP contribution in [0.4, 0.5) is 0 Å². The van der Waals surface area contributed by atoms with E-state index in [-0.39, 0.29) is 11.8 Å². The van der Waals surface area contributed by atoms with Crippen molar-refractivity contribution in [1.29, 1.82) is 0 Å². The Bertz CT molecular complexity index is 312. The Kier molecular flexibility index (Phi) is 3.12. The first-order valence-corrected chi connectivity index (χ1v) is 4.23. The van der Waals surface area contributed by atoms with Gasteiger partial charge in [-0.2, -0.15) is 0 Å². The maximum Gasteiger partial charge on any atom is 0.218 e. The fourth-order valence-corrected chi connectivity index (χ4v) is 1.29. The molecule has 1 unspecified atom stereocenters. The zero-order valence-corrected chi connectivity index (χ0v) is 7.66. The minimum atomic E-state index is -0.282. The van der Waals surface area contributed by atoms with Crippen LogP contribution in [0.5, 0.6) is 0 Å². The Labute approximate surface area is 79.5 Å². The van der Waals surface area contributed by atoms with Crippen molar-refractivity contribution in [2.24, 2.45) is 5.73 Å². The quantitative estimate of drug-likeness (QED) is 0.663. The third kappa shape index (κ3) is 2.94. The van der Waals surface area contributed by atoms with E-state index in [2.05, 4.69) is 0 Å². The molecule has 0 saturated heterocycles. The van der Waals surface area contributed by atoms with Crippen LogP contribution in [0.15, 0.2) is 24.3 Å². The van der Waals surface area contributed by atoms with Crippen molar-refractivity contribution in [2.75, 3.05) is 0 Å². The van der Waals surface area contributed by atoms with E-state index in [0.29, 0.717) is 11.9 Å². The highest BCUT2D eigenvalue weighted by atomic mass is 16.1. The molecular weight excluding hydrogens is 161 g/mol. The second-order valence-electron chi connectivity index (χ2n) is 3.24. The lowest BCUT2D eigenvalue weighted by molar-refractivity contribution is -0.118. The number of benzene rings is 1. The minimum absolute atomic E-state index is 0.140. The SMILES string of the molecule is [B]c1cccc(C(C)CC(N)=O)c1. The highest BCUT2D eigenvalue weighted by molar-refractivity contribution is 6.32. The van der Waals surface area contributed by atoms with Crippen molar-refractivity contribution in [3.05, 3.63) is 29.8 Å². The molecule has 13 heavy (non-hydrogen) atoms. The molecule has 0 aliphatic carbocycles. The molecule has 1 atom stereocenters. The second-order valence-corrected chi connectivity index (χ2v) is 3.24. The average molecular weight is 173 g/mol. The van der Waals surface area contributed by atoms with Crippen LogP contribution in [-0.2, 0) is 4.79 Å². The molecule has 2 N–H and O–H groups in total. The standard InChI is InChI=1S/C10H12BNO/c1-7(5-10(12)13)8-3-2-4-9(11)6-8/h2-4,6-7H,5H2,1H3,(H2,12,13). The number of nitrogens with two attached hydrogens (primary N) is 1. The Morgan fingerprint density at radius 1 is 1.62 bits per heavy atom. The van der Waals surface area contributed by atoms with Crippen molar-refractivity contribution in [3.8, 4) is 0 Å². The molecule has 2 nitrogen and oxygen atoms in total. The van der Waals surface area contributed by atoms with E-state index in [9.17, 15) is 4.79 Å². The summed E-state index contributed by atoms with van der Waals surface area (Å²) in [6.07, 6.45) is 0.365. The molecule has 0 spiro atoms. The van der Waals surface area contributed by atoms with Gasteiger partial charge in [-0.15, -0.1) is 0 Å². The van der Waals surface area contributed by atoms with Crippen LogP contribution >= 0.6 is 0 Å². The van der Waals surface area contributed by atoms with E-state index in [0.717, 1.165) is 5.56 Å². The second kappa shape index (κ2) is 4.12. The van der Waals surface area contributed by atoms with Gasteiger partial charge in [0, 0.05) is 6.42 Å². The topological polar surface area (TPSA) is 43.1 Å². The molecule has 1 amide bonds. The Morgan fingerprint density at radius 3 is 2.85 bits per heavy atom. The van der Waals surface area contributed by atoms with Gasteiger partial charge >= 0.3 is 0 Å². The molecule has 0 saturated carbocycles. The smallest absolute Gasteiger partial charge is 0.218 e. The zero-order chi connectivity index (χ0) is 9.84. The van der Waals surface area contributed by atoms with Crippen molar-refractivity contribution in [2.45, 2.75) is 19.3 Å². The van der Waals surface area contributed by atoms with Crippen LogP contribution in [0.1, 0.15) is 24.8 Å².